The van der Waals surface area contributed by atoms with Crippen LogP contribution in [0.3, 0.4) is 0 Å². The first kappa shape index (κ1) is 15.4. The SMILES string of the molecule is Cc1ccc(/C=N/NC(=O)/C=C2/Nc3cccnc3NC2=O)cc1. The fraction of sp³-hybridized carbons (Fsp3) is 0.0588. The van der Waals surface area contributed by atoms with Gasteiger partial charge in [-0.25, -0.2) is 10.4 Å². The van der Waals surface area contributed by atoms with Crippen molar-refractivity contribution in [2.24, 2.45) is 5.10 Å². The fourth-order valence-corrected chi connectivity index (χ4v) is 2.07. The third-order valence-corrected chi connectivity index (χ3v) is 3.29. The standard InChI is InChI=1S/C17H15N5O2/c1-11-4-6-12(7-5-11)10-19-22-15(23)9-14-17(24)21-16-13(20-14)3-2-8-18-16/h2-10,20H,1H3,(H,22,23)(H,18,21,24)/b14-9+,19-10+. The van der Waals surface area contributed by atoms with Crippen LogP contribution in [0.15, 0.2) is 59.5 Å². The maximum absolute atomic E-state index is 11.9. The lowest BCUT2D eigenvalue weighted by atomic mass is 10.2. The van der Waals surface area contributed by atoms with Gasteiger partial charge in [0, 0.05) is 12.3 Å². The van der Waals surface area contributed by atoms with Crippen LogP contribution >= 0.6 is 0 Å². The first-order valence-corrected chi connectivity index (χ1v) is 7.26. The van der Waals surface area contributed by atoms with Gasteiger partial charge >= 0.3 is 0 Å². The predicted molar refractivity (Wildman–Crippen MR) is 91.5 cm³/mol. The molecule has 2 amide bonds. The topological polar surface area (TPSA) is 95.5 Å². The summed E-state index contributed by atoms with van der Waals surface area (Å²) in [6.07, 6.45) is 4.25. The molecule has 120 valence electrons. The van der Waals surface area contributed by atoms with E-state index in [1.807, 2.05) is 31.2 Å². The summed E-state index contributed by atoms with van der Waals surface area (Å²) in [4.78, 5) is 27.8. The lowest BCUT2D eigenvalue weighted by Crippen LogP contribution is -2.28. The van der Waals surface area contributed by atoms with Gasteiger partial charge in [-0.2, -0.15) is 5.10 Å². The second-order valence-electron chi connectivity index (χ2n) is 5.18. The zero-order valence-electron chi connectivity index (χ0n) is 12.9. The minimum absolute atomic E-state index is 0.124. The Morgan fingerprint density at radius 2 is 2.00 bits per heavy atom. The van der Waals surface area contributed by atoms with E-state index in [9.17, 15) is 9.59 Å². The first-order chi connectivity index (χ1) is 11.6. The quantitative estimate of drug-likeness (QED) is 0.456. The summed E-state index contributed by atoms with van der Waals surface area (Å²) in [7, 11) is 0. The summed E-state index contributed by atoms with van der Waals surface area (Å²) < 4.78 is 0. The molecule has 0 radical (unpaired) electrons. The monoisotopic (exact) mass is 321 g/mol. The Morgan fingerprint density at radius 3 is 2.79 bits per heavy atom. The number of rotatable bonds is 3. The molecule has 0 bridgehead atoms. The maximum Gasteiger partial charge on any atom is 0.273 e. The second-order valence-corrected chi connectivity index (χ2v) is 5.18. The summed E-state index contributed by atoms with van der Waals surface area (Å²) in [5.74, 6) is -0.514. The Hall–Kier alpha value is -3.48. The van der Waals surface area contributed by atoms with Gasteiger partial charge < -0.3 is 10.6 Å². The average Bonchev–Trinajstić information content (AvgIpc) is 2.57. The molecule has 0 fully saturated rings. The number of carbonyl (C=O) groups excluding carboxylic acids is 2. The van der Waals surface area contributed by atoms with Crippen LogP contribution < -0.4 is 16.1 Å². The molecule has 1 aliphatic rings. The van der Waals surface area contributed by atoms with Crippen molar-refractivity contribution in [2.75, 3.05) is 10.6 Å². The number of fused-ring (bicyclic) bond motifs is 1. The van der Waals surface area contributed by atoms with Crippen LogP contribution in [0.25, 0.3) is 0 Å². The number of aryl methyl sites for hydroxylation is 1. The van der Waals surface area contributed by atoms with E-state index in [1.165, 1.54) is 6.21 Å². The van der Waals surface area contributed by atoms with Crippen molar-refractivity contribution < 1.29 is 9.59 Å². The smallest absolute Gasteiger partial charge is 0.273 e. The summed E-state index contributed by atoms with van der Waals surface area (Å²) >= 11 is 0. The van der Waals surface area contributed by atoms with E-state index in [2.05, 4.69) is 26.1 Å². The minimum atomic E-state index is -0.511. The summed E-state index contributed by atoms with van der Waals surface area (Å²) in [6, 6.07) is 11.2. The Balaban J connectivity index is 1.64. The van der Waals surface area contributed by atoms with Crippen LogP contribution in [-0.2, 0) is 9.59 Å². The van der Waals surface area contributed by atoms with Crippen molar-refractivity contribution in [1.29, 1.82) is 0 Å². The fourth-order valence-electron chi connectivity index (χ4n) is 2.07. The molecule has 0 saturated carbocycles. The van der Waals surface area contributed by atoms with E-state index < -0.39 is 11.8 Å². The Bertz CT molecular complexity index is 840. The highest BCUT2D eigenvalue weighted by Crippen LogP contribution is 2.24. The van der Waals surface area contributed by atoms with Crippen LogP contribution in [0.2, 0.25) is 0 Å². The maximum atomic E-state index is 11.9. The molecule has 1 aromatic heterocycles. The largest absolute Gasteiger partial charge is 0.348 e. The molecular weight excluding hydrogens is 306 g/mol. The van der Waals surface area contributed by atoms with Crippen LogP contribution in [0, 0.1) is 6.92 Å². The van der Waals surface area contributed by atoms with Gasteiger partial charge in [-0.05, 0) is 24.6 Å². The number of anilines is 2. The minimum Gasteiger partial charge on any atom is -0.348 e. The Morgan fingerprint density at radius 1 is 1.21 bits per heavy atom. The number of pyridine rings is 1. The number of aromatic nitrogens is 1. The van der Waals surface area contributed by atoms with Gasteiger partial charge in [0.2, 0.25) is 0 Å². The van der Waals surface area contributed by atoms with Crippen molar-refractivity contribution in [3.8, 4) is 0 Å². The molecule has 2 heterocycles. The van der Waals surface area contributed by atoms with Crippen LogP contribution in [0.4, 0.5) is 11.5 Å². The van der Waals surface area contributed by atoms with Crippen LogP contribution in [0.1, 0.15) is 11.1 Å². The number of hydrogen-bond donors (Lipinski definition) is 3. The third kappa shape index (κ3) is 3.64. The van der Waals surface area contributed by atoms with Gasteiger partial charge in [-0.15, -0.1) is 0 Å². The highest BCUT2D eigenvalue weighted by atomic mass is 16.2. The number of nitrogens with zero attached hydrogens (tertiary/aromatic N) is 2. The Labute approximate surface area is 138 Å². The lowest BCUT2D eigenvalue weighted by molar-refractivity contribution is -0.117. The van der Waals surface area contributed by atoms with Gasteiger partial charge in [0.25, 0.3) is 11.8 Å². The van der Waals surface area contributed by atoms with Crippen molar-refractivity contribution in [3.63, 3.8) is 0 Å². The predicted octanol–water partition coefficient (Wildman–Crippen LogP) is 1.79. The number of amides is 2. The molecule has 3 N–H and O–H groups in total. The van der Waals surface area contributed by atoms with E-state index >= 15 is 0 Å². The van der Waals surface area contributed by atoms with Gasteiger partial charge in [0.15, 0.2) is 5.82 Å². The van der Waals surface area contributed by atoms with Crippen molar-refractivity contribution in [3.05, 3.63) is 65.5 Å². The Kier molecular flexibility index (Phi) is 4.33. The first-order valence-electron chi connectivity index (χ1n) is 7.26. The van der Waals surface area contributed by atoms with Gasteiger partial charge in [0.05, 0.1) is 11.9 Å². The molecule has 0 unspecified atom stereocenters. The number of benzene rings is 1. The average molecular weight is 321 g/mol. The highest BCUT2D eigenvalue weighted by Gasteiger charge is 2.20. The van der Waals surface area contributed by atoms with E-state index in [0.29, 0.717) is 11.5 Å². The number of hydrazone groups is 1. The second kappa shape index (κ2) is 6.74. The normalized spacial score (nSPS) is 14.9. The number of hydrogen-bond acceptors (Lipinski definition) is 5. The van der Waals surface area contributed by atoms with Crippen LogP contribution in [0.5, 0.6) is 0 Å². The van der Waals surface area contributed by atoms with E-state index in [1.54, 1.807) is 18.3 Å². The third-order valence-electron chi connectivity index (χ3n) is 3.29. The molecule has 7 heteroatoms. The van der Waals surface area contributed by atoms with E-state index in [0.717, 1.165) is 17.2 Å². The van der Waals surface area contributed by atoms with Gasteiger partial charge in [-0.1, -0.05) is 29.8 Å². The number of nitrogens with one attached hydrogen (secondary N) is 3. The summed E-state index contributed by atoms with van der Waals surface area (Å²) in [5.41, 5.74) is 5.11. The molecule has 24 heavy (non-hydrogen) atoms. The summed E-state index contributed by atoms with van der Waals surface area (Å²) in [6.45, 7) is 1.99. The van der Waals surface area contributed by atoms with E-state index in [-0.39, 0.29) is 5.70 Å². The molecule has 1 aromatic carbocycles. The van der Waals surface area contributed by atoms with Gasteiger partial charge in [-0.3, -0.25) is 9.59 Å². The lowest BCUT2D eigenvalue weighted by Gasteiger charge is -2.19. The molecule has 1 aliphatic heterocycles. The molecule has 0 saturated heterocycles. The molecule has 3 rings (SSSR count). The summed E-state index contributed by atoms with van der Waals surface area (Å²) in [5, 5.41) is 9.33. The molecule has 0 atom stereocenters. The van der Waals surface area contributed by atoms with Gasteiger partial charge in [0.1, 0.15) is 5.70 Å². The van der Waals surface area contributed by atoms with E-state index in [4.69, 9.17) is 0 Å². The van der Waals surface area contributed by atoms with Crippen LogP contribution in [-0.4, -0.2) is 23.0 Å². The number of carbonyl (C=O) groups is 2. The molecule has 7 nitrogen and oxygen atoms in total. The molecule has 2 aromatic rings. The highest BCUT2D eigenvalue weighted by molar-refractivity contribution is 6.13. The van der Waals surface area contributed by atoms with Crippen molar-refractivity contribution in [2.45, 2.75) is 6.92 Å². The molecule has 0 aliphatic carbocycles. The molecule has 0 spiro atoms. The zero-order valence-corrected chi connectivity index (χ0v) is 12.9. The zero-order chi connectivity index (χ0) is 16.9. The molecular formula is C17H15N5O2. The van der Waals surface area contributed by atoms with Crippen molar-refractivity contribution >= 4 is 29.5 Å². The van der Waals surface area contributed by atoms with Crippen molar-refractivity contribution in [1.82, 2.24) is 10.4 Å².